The third kappa shape index (κ3) is 2.33. The van der Waals surface area contributed by atoms with Gasteiger partial charge in [-0.15, -0.1) is 0 Å². The molecule has 0 aliphatic carbocycles. The normalized spacial score (nSPS) is 21.2. The zero-order valence-electron chi connectivity index (χ0n) is 14.7. The average molecular weight is 288 g/mol. The van der Waals surface area contributed by atoms with E-state index >= 15 is 0 Å². The van der Waals surface area contributed by atoms with Crippen LogP contribution in [0, 0.1) is 27.7 Å². The number of rotatable bonds is 1. The summed E-state index contributed by atoms with van der Waals surface area (Å²) in [5.74, 6) is 0.137. The molecule has 0 bridgehead atoms. The van der Waals surface area contributed by atoms with Gasteiger partial charge in [-0.25, -0.2) is 0 Å². The smallest absolute Gasteiger partial charge is 0.219 e. The zero-order chi connectivity index (χ0) is 16.1. The molecule has 0 aromatic heterocycles. The van der Waals surface area contributed by atoms with Crippen molar-refractivity contribution >= 4 is 11.6 Å². The van der Waals surface area contributed by atoms with Crippen LogP contribution in [0.1, 0.15) is 54.1 Å². The summed E-state index contributed by atoms with van der Waals surface area (Å²) in [5, 5.41) is 0. The van der Waals surface area contributed by atoms with Gasteiger partial charge in [-0.2, -0.15) is 0 Å². The van der Waals surface area contributed by atoms with E-state index in [-0.39, 0.29) is 11.9 Å². The molecule has 0 saturated carbocycles. The van der Waals surface area contributed by atoms with Crippen molar-refractivity contribution in [1.29, 1.82) is 0 Å². The van der Waals surface area contributed by atoms with E-state index in [0.717, 1.165) is 6.42 Å². The second kappa shape index (κ2) is 5.36. The van der Waals surface area contributed by atoms with E-state index in [1.165, 1.54) is 33.5 Å². The van der Waals surface area contributed by atoms with Crippen LogP contribution in [-0.2, 0) is 4.79 Å². The first-order valence-corrected chi connectivity index (χ1v) is 7.74. The maximum atomic E-state index is 11.9. The van der Waals surface area contributed by atoms with Crippen LogP contribution >= 0.6 is 0 Å². The third-order valence-electron chi connectivity index (χ3n) is 5.58. The molecule has 1 amide bonds. The number of nitrogens with zero attached hydrogens (tertiary/aromatic N) is 2. The summed E-state index contributed by atoms with van der Waals surface area (Å²) in [4.78, 5) is 16.2. The van der Waals surface area contributed by atoms with E-state index in [1.54, 1.807) is 6.92 Å². The number of anilines is 1. The van der Waals surface area contributed by atoms with Crippen LogP contribution < -0.4 is 4.90 Å². The first-order chi connectivity index (χ1) is 9.68. The molecule has 0 radical (unpaired) electrons. The van der Waals surface area contributed by atoms with Crippen molar-refractivity contribution in [3.05, 3.63) is 27.8 Å². The largest absolute Gasteiger partial charge is 0.371 e. The van der Waals surface area contributed by atoms with Crippen molar-refractivity contribution in [2.45, 2.75) is 60.0 Å². The lowest BCUT2D eigenvalue weighted by atomic mass is 9.82. The molecule has 0 saturated heterocycles. The van der Waals surface area contributed by atoms with Crippen LogP contribution in [0.4, 0.5) is 5.69 Å². The number of carbonyl (C=O) groups is 1. The molecule has 3 nitrogen and oxygen atoms in total. The van der Waals surface area contributed by atoms with Gasteiger partial charge in [0.1, 0.15) is 0 Å². The van der Waals surface area contributed by atoms with Crippen molar-refractivity contribution in [2.24, 2.45) is 0 Å². The molecule has 3 heteroatoms. The van der Waals surface area contributed by atoms with E-state index in [2.05, 4.69) is 46.6 Å². The minimum Gasteiger partial charge on any atom is -0.371 e. The highest BCUT2D eigenvalue weighted by Gasteiger charge is 2.35. The molecule has 0 spiro atoms. The number of hydrogen-bond acceptors (Lipinski definition) is 2. The lowest BCUT2D eigenvalue weighted by molar-refractivity contribution is -0.130. The Bertz CT molecular complexity index is 592. The highest BCUT2D eigenvalue weighted by Crippen LogP contribution is 2.45. The second-order valence-corrected chi connectivity index (χ2v) is 6.60. The topological polar surface area (TPSA) is 23.6 Å². The van der Waals surface area contributed by atoms with E-state index < -0.39 is 0 Å². The first-order valence-electron chi connectivity index (χ1n) is 7.74. The van der Waals surface area contributed by atoms with Gasteiger partial charge in [0.2, 0.25) is 5.91 Å². The van der Waals surface area contributed by atoms with Gasteiger partial charge in [0.15, 0.2) is 0 Å². The monoisotopic (exact) mass is 288 g/mol. The van der Waals surface area contributed by atoms with Gasteiger partial charge >= 0.3 is 0 Å². The minimum atomic E-state index is 0.137. The van der Waals surface area contributed by atoms with E-state index in [0.29, 0.717) is 6.04 Å². The summed E-state index contributed by atoms with van der Waals surface area (Å²) in [6, 6.07) is 0.617. The molecule has 1 aliphatic rings. The minimum absolute atomic E-state index is 0.137. The van der Waals surface area contributed by atoms with Gasteiger partial charge in [-0.05, 0) is 63.3 Å². The molecule has 21 heavy (non-hydrogen) atoms. The Morgan fingerprint density at radius 3 is 2.14 bits per heavy atom. The second-order valence-electron chi connectivity index (χ2n) is 6.60. The Morgan fingerprint density at radius 2 is 1.62 bits per heavy atom. The van der Waals surface area contributed by atoms with Gasteiger partial charge in [0.25, 0.3) is 0 Å². The molecule has 1 aromatic rings. The Balaban J connectivity index is 2.75. The van der Waals surface area contributed by atoms with E-state index in [9.17, 15) is 4.79 Å². The first kappa shape index (κ1) is 15.9. The summed E-state index contributed by atoms with van der Waals surface area (Å²) in [7, 11) is 4.10. The van der Waals surface area contributed by atoms with E-state index in [1.807, 2.05) is 11.9 Å². The third-order valence-corrected chi connectivity index (χ3v) is 5.58. The van der Waals surface area contributed by atoms with Crippen LogP contribution in [0.25, 0.3) is 0 Å². The predicted octanol–water partition coefficient (Wildman–Crippen LogP) is 3.67. The van der Waals surface area contributed by atoms with Crippen molar-refractivity contribution in [3.8, 4) is 0 Å². The van der Waals surface area contributed by atoms with Gasteiger partial charge in [0, 0.05) is 38.3 Å². The maximum Gasteiger partial charge on any atom is 0.219 e. The number of amides is 1. The van der Waals surface area contributed by atoms with Crippen LogP contribution in [-0.4, -0.2) is 30.9 Å². The Hall–Kier alpha value is -1.51. The molecule has 1 heterocycles. The average Bonchev–Trinajstić information content (AvgIpc) is 2.44. The van der Waals surface area contributed by atoms with Crippen LogP contribution in [0.3, 0.4) is 0 Å². The SMILES string of the molecule is CC(=O)N(C)C1CC(C)N(C)c2c(C)c(C)c(C)c(C)c21. The number of fused-ring (bicyclic) bond motifs is 1. The quantitative estimate of drug-likeness (QED) is 0.787. The highest BCUT2D eigenvalue weighted by molar-refractivity contribution is 5.76. The summed E-state index contributed by atoms with van der Waals surface area (Å²) in [6.45, 7) is 12.7. The molecule has 2 rings (SSSR count). The Labute approximate surface area is 128 Å². The number of hydrogen-bond donors (Lipinski definition) is 0. The van der Waals surface area contributed by atoms with Gasteiger partial charge < -0.3 is 9.80 Å². The number of carbonyl (C=O) groups excluding carboxylic acids is 1. The van der Waals surface area contributed by atoms with Gasteiger partial charge in [-0.3, -0.25) is 4.79 Å². The molecule has 1 aromatic carbocycles. The predicted molar refractivity (Wildman–Crippen MR) is 89.1 cm³/mol. The van der Waals surface area contributed by atoms with Crippen LogP contribution in [0.2, 0.25) is 0 Å². The van der Waals surface area contributed by atoms with Crippen LogP contribution in [0.5, 0.6) is 0 Å². The fourth-order valence-corrected chi connectivity index (χ4v) is 3.57. The van der Waals surface area contributed by atoms with Crippen molar-refractivity contribution in [1.82, 2.24) is 4.90 Å². The van der Waals surface area contributed by atoms with Gasteiger partial charge in [-0.1, -0.05) is 0 Å². The maximum absolute atomic E-state index is 11.9. The molecular weight excluding hydrogens is 260 g/mol. The molecule has 2 unspecified atom stereocenters. The van der Waals surface area contributed by atoms with Crippen molar-refractivity contribution in [3.63, 3.8) is 0 Å². The molecular formula is C18H28N2O. The van der Waals surface area contributed by atoms with Gasteiger partial charge in [0.05, 0.1) is 6.04 Å². The lowest BCUT2D eigenvalue weighted by Gasteiger charge is -2.44. The summed E-state index contributed by atoms with van der Waals surface area (Å²) >= 11 is 0. The highest BCUT2D eigenvalue weighted by atomic mass is 16.2. The van der Waals surface area contributed by atoms with E-state index in [4.69, 9.17) is 0 Å². The fourth-order valence-electron chi connectivity index (χ4n) is 3.57. The van der Waals surface area contributed by atoms with Crippen molar-refractivity contribution < 1.29 is 4.79 Å². The standard InChI is InChI=1S/C18H28N2O/c1-10-9-16(20(8)15(6)21)17-13(4)11(2)12(3)14(5)18(17)19(10)7/h10,16H,9H2,1-8H3. The summed E-state index contributed by atoms with van der Waals surface area (Å²) < 4.78 is 0. The lowest BCUT2D eigenvalue weighted by Crippen LogP contribution is -2.42. The summed E-state index contributed by atoms with van der Waals surface area (Å²) in [5.41, 5.74) is 8.09. The summed E-state index contributed by atoms with van der Waals surface area (Å²) in [6.07, 6.45) is 0.988. The molecule has 1 aliphatic heterocycles. The molecule has 116 valence electrons. The zero-order valence-corrected chi connectivity index (χ0v) is 14.7. The fraction of sp³-hybridized carbons (Fsp3) is 0.611. The Morgan fingerprint density at radius 1 is 1.10 bits per heavy atom. The molecule has 0 fully saturated rings. The van der Waals surface area contributed by atoms with Crippen molar-refractivity contribution in [2.75, 3.05) is 19.0 Å². The van der Waals surface area contributed by atoms with Crippen LogP contribution in [0.15, 0.2) is 0 Å². The molecule has 2 atom stereocenters. The molecule has 0 N–H and O–H groups in total. The Kier molecular flexibility index (Phi) is 4.05. The number of benzene rings is 1.